The topological polar surface area (TPSA) is 49.7 Å². The van der Waals surface area contributed by atoms with Crippen molar-refractivity contribution < 1.29 is 14.9 Å². The SMILES string of the molecule is CCCCCCCCCCCC(Cl)C(CCCCCCCCCC)C(CC(C)O)OC(CC(C)O)C(CCCCCCCCCC)C(Cl)CCCCCCCCCCC. The molecule has 0 saturated carbocycles. The Kier molecular flexibility index (Phi) is 45.4. The first-order chi connectivity index (χ1) is 28.7. The number of halogens is 2. The lowest BCUT2D eigenvalue weighted by molar-refractivity contribution is -0.102. The fourth-order valence-electron chi connectivity index (χ4n) is 9.51. The number of hydrogen-bond donors (Lipinski definition) is 2. The van der Waals surface area contributed by atoms with Crippen LogP contribution in [-0.4, -0.2) is 45.4 Å². The molecule has 0 aliphatic heterocycles. The number of hydrogen-bond acceptors (Lipinski definition) is 3. The molecule has 8 unspecified atom stereocenters. The van der Waals surface area contributed by atoms with Crippen molar-refractivity contribution in [3.63, 3.8) is 0 Å². The molecule has 0 amide bonds. The lowest BCUT2D eigenvalue weighted by Crippen LogP contribution is -2.42. The van der Waals surface area contributed by atoms with Crippen LogP contribution in [0.1, 0.15) is 298 Å². The van der Waals surface area contributed by atoms with Gasteiger partial charge in [0.2, 0.25) is 0 Å². The van der Waals surface area contributed by atoms with Gasteiger partial charge in [-0.2, -0.15) is 0 Å². The smallest absolute Gasteiger partial charge is 0.0645 e. The van der Waals surface area contributed by atoms with E-state index in [1.165, 1.54) is 218 Å². The summed E-state index contributed by atoms with van der Waals surface area (Å²) in [4.78, 5) is 0. The average Bonchev–Trinajstić information content (AvgIpc) is 3.20. The molecule has 0 aliphatic carbocycles. The molecule has 356 valence electrons. The monoisotopic (exact) mass is 875 g/mol. The van der Waals surface area contributed by atoms with Gasteiger partial charge in [-0.1, -0.05) is 246 Å². The summed E-state index contributed by atoms with van der Waals surface area (Å²) in [6.07, 6.45) is 48.6. The molecule has 0 radical (unpaired) electrons. The van der Waals surface area contributed by atoms with Gasteiger partial charge >= 0.3 is 0 Å². The van der Waals surface area contributed by atoms with Gasteiger partial charge in [-0.05, 0) is 52.4 Å². The second-order valence-electron chi connectivity index (χ2n) is 19.5. The fraction of sp³-hybridized carbons (Fsp3) is 1.00. The minimum Gasteiger partial charge on any atom is -0.393 e. The van der Waals surface area contributed by atoms with Crippen molar-refractivity contribution >= 4 is 23.2 Å². The number of aliphatic hydroxyl groups is 2. The highest BCUT2D eigenvalue weighted by Gasteiger charge is 2.36. The van der Waals surface area contributed by atoms with Crippen LogP contribution in [0.3, 0.4) is 0 Å². The minimum atomic E-state index is -0.468. The van der Waals surface area contributed by atoms with E-state index in [2.05, 4.69) is 27.7 Å². The normalized spacial score (nSPS) is 16.2. The van der Waals surface area contributed by atoms with Crippen molar-refractivity contribution in [3.8, 4) is 0 Å². The molecule has 0 bridgehead atoms. The van der Waals surface area contributed by atoms with Crippen LogP contribution in [0.15, 0.2) is 0 Å². The Labute approximate surface area is 381 Å². The Hall–Kier alpha value is 0.460. The average molecular weight is 876 g/mol. The third-order valence-corrected chi connectivity index (χ3v) is 14.4. The molecule has 59 heavy (non-hydrogen) atoms. The number of unbranched alkanes of at least 4 members (excludes halogenated alkanes) is 30. The van der Waals surface area contributed by atoms with Crippen molar-refractivity contribution in [1.82, 2.24) is 0 Å². The zero-order chi connectivity index (χ0) is 43.6. The molecule has 5 heteroatoms. The second kappa shape index (κ2) is 45.0. The van der Waals surface area contributed by atoms with E-state index in [4.69, 9.17) is 27.9 Å². The molecule has 3 nitrogen and oxygen atoms in total. The lowest BCUT2D eigenvalue weighted by atomic mass is 9.84. The van der Waals surface area contributed by atoms with Gasteiger partial charge in [-0.3, -0.25) is 0 Å². The van der Waals surface area contributed by atoms with Crippen LogP contribution in [0.25, 0.3) is 0 Å². The van der Waals surface area contributed by atoms with Gasteiger partial charge < -0.3 is 14.9 Å². The standard InChI is InChI=1S/C54H108Cl2O3/c1-7-11-15-19-23-27-31-35-39-43-51(55)49(41-37-33-29-25-21-17-13-9-3)53(45-47(5)57)59-54(46-48(6)58)50(42-38-34-30-26-22-18-14-10-4)52(56)44-40-36-32-28-24-20-16-12-8-2/h47-54,57-58H,7-46H2,1-6H3. The quantitative estimate of drug-likeness (QED) is 0.0473. The summed E-state index contributed by atoms with van der Waals surface area (Å²) in [6.45, 7) is 13.0. The summed E-state index contributed by atoms with van der Waals surface area (Å²) >= 11 is 15.0. The van der Waals surface area contributed by atoms with E-state index < -0.39 is 12.2 Å². The third kappa shape index (κ3) is 37.5. The molecule has 0 saturated heterocycles. The van der Waals surface area contributed by atoms with Crippen molar-refractivity contribution in [2.24, 2.45) is 11.8 Å². The van der Waals surface area contributed by atoms with E-state index in [-0.39, 0.29) is 34.8 Å². The summed E-state index contributed by atoms with van der Waals surface area (Å²) < 4.78 is 7.38. The molecule has 0 rings (SSSR count). The highest BCUT2D eigenvalue weighted by Crippen LogP contribution is 2.36. The first-order valence-electron chi connectivity index (χ1n) is 27.0. The Morgan fingerprint density at radius 3 is 0.746 bits per heavy atom. The molecule has 0 aromatic carbocycles. The summed E-state index contributed by atoms with van der Waals surface area (Å²) in [5.74, 6) is 0.374. The molecule has 0 spiro atoms. The Bertz CT molecular complexity index is 744. The lowest BCUT2D eigenvalue weighted by Gasteiger charge is -2.39. The number of aliphatic hydroxyl groups excluding tert-OH is 2. The summed E-state index contributed by atoms with van der Waals surface area (Å²) in [7, 11) is 0. The van der Waals surface area contributed by atoms with Crippen LogP contribution in [0.4, 0.5) is 0 Å². The van der Waals surface area contributed by atoms with Gasteiger partial charge in [0, 0.05) is 22.6 Å². The molecular weight excluding hydrogens is 767 g/mol. The molecule has 2 N–H and O–H groups in total. The predicted molar refractivity (Wildman–Crippen MR) is 266 cm³/mol. The van der Waals surface area contributed by atoms with Gasteiger partial charge in [0.05, 0.1) is 24.4 Å². The van der Waals surface area contributed by atoms with E-state index in [1.54, 1.807) is 0 Å². The summed E-state index contributed by atoms with van der Waals surface area (Å²) in [5.41, 5.74) is 0. The van der Waals surface area contributed by atoms with Gasteiger partial charge in [0.1, 0.15) is 0 Å². The molecular formula is C54H108Cl2O3. The molecule has 8 atom stereocenters. The minimum absolute atomic E-state index is 0.0278. The van der Waals surface area contributed by atoms with Crippen LogP contribution >= 0.6 is 23.2 Å². The van der Waals surface area contributed by atoms with E-state index in [1.807, 2.05) is 13.8 Å². The van der Waals surface area contributed by atoms with Gasteiger partial charge in [-0.25, -0.2) is 0 Å². The van der Waals surface area contributed by atoms with Crippen LogP contribution in [0.5, 0.6) is 0 Å². The van der Waals surface area contributed by atoms with Crippen molar-refractivity contribution in [2.45, 2.75) is 334 Å². The maximum Gasteiger partial charge on any atom is 0.0645 e. The molecule has 0 aliphatic rings. The predicted octanol–water partition coefficient (Wildman–Crippen LogP) is 18.6. The van der Waals surface area contributed by atoms with Crippen LogP contribution in [0.2, 0.25) is 0 Å². The van der Waals surface area contributed by atoms with E-state index >= 15 is 0 Å². The van der Waals surface area contributed by atoms with E-state index in [9.17, 15) is 10.2 Å². The summed E-state index contributed by atoms with van der Waals surface area (Å²) in [5, 5.41) is 22.0. The highest BCUT2D eigenvalue weighted by atomic mass is 35.5. The van der Waals surface area contributed by atoms with Crippen LogP contribution < -0.4 is 0 Å². The highest BCUT2D eigenvalue weighted by molar-refractivity contribution is 6.21. The van der Waals surface area contributed by atoms with Gasteiger partial charge in [0.25, 0.3) is 0 Å². The van der Waals surface area contributed by atoms with Crippen LogP contribution in [-0.2, 0) is 4.74 Å². The zero-order valence-electron chi connectivity index (χ0n) is 41.0. The molecule has 0 aromatic rings. The van der Waals surface area contributed by atoms with Gasteiger partial charge in [-0.15, -0.1) is 23.2 Å². The number of alkyl halides is 2. The van der Waals surface area contributed by atoms with E-state index in [0.29, 0.717) is 12.8 Å². The Balaban J connectivity index is 5.99. The molecule has 0 aromatic heterocycles. The van der Waals surface area contributed by atoms with E-state index in [0.717, 1.165) is 25.7 Å². The maximum absolute atomic E-state index is 11.0. The van der Waals surface area contributed by atoms with Crippen molar-refractivity contribution in [3.05, 3.63) is 0 Å². The number of rotatable bonds is 48. The van der Waals surface area contributed by atoms with Crippen LogP contribution in [0, 0.1) is 11.8 Å². The number of ether oxygens (including phenoxy) is 1. The second-order valence-corrected chi connectivity index (χ2v) is 20.6. The molecule has 0 fully saturated rings. The third-order valence-electron chi connectivity index (χ3n) is 13.3. The first-order valence-corrected chi connectivity index (χ1v) is 27.9. The Morgan fingerprint density at radius 1 is 0.322 bits per heavy atom. The first kappa shape index (κ1) is 59.5. The van der Waals surface area contributed by atoms with Crippen molar-refractivity contribution in [1.29, 1.82) is 0 Å². The largest absolute Gasteiger partial charge is 0.393 e. The zero-order valence-corrected chi connectivity index (χ0v) is 42.5. The maximum atomic E-state index is 11.0. The van der Waals surface area contributed by atoms with Gasteiger partial charge in [0.15, 0.2) is 0 Å². The summed E-state index contributed by atoms with van der Waals surface area (Å²) in [6, 6.07) is 0. The molecule has 0 heterocycles. The fourth-order valence-corrected chi connectivity index (χ4v) is 10.4. The Morgan fingerprint density at radius 2 is 0.525 bits per heavy atom. The van der Waals surface area contributed by atoms with Crippen molar-refractivity contribution in [2.75, 3.05) is 0 Å².